The van der Waals surface area contributed by atoms with E-state index in [0.717, 1.165) is 25.3 Å². The molecule has 2 rings (SSSR count). The van der Waals surface area contributed by atoms with Gasteiger partial charge in [0.1, 0.15) is 0 Å². The van der Waals surface area contributed by atoms with Crippen molar-refractivity contribution in [3.05, 3.63) is 17.8 Å². The highest BCUT2D eigenvalue weighted by molar-refractivity contribution is 5.40. The summed E-state index contributed by atoms with van der Waals surface area (Å²) >= 11 is 0. The average molecular weight is 248 g/mol. The number of rotatable bonds is 5. The zero-order valence-corrected chi connectivity index (χ0v) is 11.3. The Morgan fingerprint density at radius 1 is 1.33 bits per heavy atom. The first-order valence-corrected chi connectivity index (χ1v) is 7.07. The van der Waals surface area contributed by atoms with Gasteiger partial charge in [-0.25, -0.2) is 0 Å². The summed E-state index contributed by atoms with van der Waals surface area (Å²) in [6.07, 6.45) is 9.44. The summed E-state index contributed by atoms with van der Waals surface area (Å²) in [6, 6.07) is 2.76. The Balaban J connectivity index is 2.12. The fourth-order valence-corrected chi connectivity index (χ4v) is 2.73. The van der Waals surface area contributed by atoms with E-state index in [-0.39, 0.29) is 0 Å². The van der Waals surface area contributed by atoms with Gasteiger partial charge in [0, 0.05) is 12.6 Å². The lowest BCUT2D eigenvalue weighted by molar-refractivity contribution is 0.410. The number of aryl methyl sites for hydroxylation is 1. The van der Waals surface area contributed by atoms with Crippen LogP contribution >= 0.6 is 0 Å². The van der Waals surface area contributed by atoms with Crippen LogP contribution in [-0.2, 0) is 0 Å². The fraction of sp³-hybridized carbons (Fsp3) is 0.714. The van der Waals surface area contributed by atoms with Gasteiger partial charge in [-0.05, 0) is 44.4 Å². The third kappa shape index (κ3) is 3.42. The molecular weight excluding hydrogens is 224 g/mol. The number of nitrogens with two attached hydrogens (primary N) is 1. The first-order valence-electron chi connectivity index (χ1n) is 7.07. The molecule has 1 fully saturated rings. The molecule has 100 valence electrons. The second kappa shape index (κ2) is 6.69. The molecule has 1 aromatic rings. The third-order valence-corrected chi connectivity index (χ3v) is 3.69. The van der Waals surface area contributed by atoms with Crippen molar-refractivity contribution in [3.63, 3.8) is 0 Å². The summed E-state index contributed by atoms with van der Waals surface area (Å²) in [4.78, 5) is 2.42. The van der Waals surface area contributed by atoms with Crippen LogP contribution in [0.1, 0.15) is 44.1 Å². The zero-order valence-electron chi connectivity index (χ0n) is 11.3. The number of hydrogen-bond donors (Lipinski definition) is 1. The normalized spacial score (nSPS) is 16.8. The summed E-state index contributed by atoms with van der Waals surface area (Å²) in [5.41, 5.74) is 6.83. The number of anilines is 1. The van der Waals surface area contributed by atoms with E-state index in [4.69, 9.17) is 5.73 Å². The van der Waals surface area contributed by atoms with Crippen LogP contribution in [0.5, 0.6) is 0 Å². The van der Waals surface area contributed by atoms with Crippen LogP contribution < -0.4 is 10.6 Å². The Morgan fingerprint density at radius 3 is 2.78 bits per heavy atom. The van der Waals surface area contributed by atoms with E-state index in [0.29, 0.717) is 6.04 Å². The van der Waals surface area contributed by atoms with Gasteiger partial charge in [0.05, 0.1) is 6.20 Å². The van der Waals surface area contributed by atoms with Crippen molar-refractivity contribution in [2.45, 2.75) is 51.5 Å². The molecule has 0 bridgehead atoms. The second-order valence-electron chi connectivity index (χ2n) is 5.22. The van der Waals surface area contributed by atoms with Crippen LogP contribution in [0.15, 0.2) is 12.3 Å². The highest BCUT2D eigenvalue weighted by atomic mass is 15.3. The molecule has 18 heavy (non-hydrogen) atoms. The molecule has 0 amide bonds. The summed E-state index contributed by atoms with van der Waals surface area (Å²) < 4.78 is 0. The smallest absolute Gasteiger partial charge is 0.151 e. The summed E-state index contributed by atoms with van der Waals surface area (Å²) in [5.74, 6) is 1.02. The molecular formula is C14H24N4. The quantitative estimate of drug-likeness (QED) is 0.868. The van der Waals surface area contributed by atoms with Crippen LogP contribution in [0, 0.1) is 6.92 Å². The molecule has 1 aliphatic rings. The van der Waals surface area contributed by atoms with Crippen LogP contribution in [0.2, 0.25) is 0 Å². The Labute approximate surface area is 110 Å². The van der Waals surface area contributed by atoms with Gasteiger partial charge in [-0.3, -0.25) is 0 Å². The number of aromatic nitrogens is 2. The van der Waals surface area contributed by atoms with E-state index in [2.05, 4.69) is 28.1 Å². The lowest BCUT2D eigenvalue weighted by atomic mass is 9.94. The molecule has 0 radical (unpaired) electrons. The molecule has 0 unspecified atom stereocenters. The van der Waals surface area contributed by atoms with E-state index >= 15 is 0 Å². The molecule has 0 aromatic carbocycles. The monoisotopic (exact) mass is 248 g/mol. The fourth-order valence-electron chi connectivity index (χ4n) is 2.73. The van der Waals surface area contributed by atoms with Crippen LogP contribution in [0.3, 0.4) is 0 Å². The first kappa shape index (κ1) is 13.3. The van der Waals surface area contributed by atoms with Crippen LogP contribution in [0.25, 0.3) is 0 Å². The second-order valence-corrected chi connectivity index (χ2v) is 5.22. The van der Waals surface area contributed by atoms with Crippen molar-refractivity contribution in [3.8, 4) is 0 Å². The molecule has 1 heterocycles. The molecule has 0 spiro atoms. The summed E-state index contributed by atoms with van der Waals surface area (Å²) in [5, 5.41) is 8.39. The molecule has 1 aromatic heterocycles. The average Bonchev–Trinajstić information content (AvgIpc) is 2.40. The third-order valence-electron chi connectivity index (χ3n) is 3.69. The van der Waals surface area contributed by atoms with Crippen molar-refractivity contribution in [2.24, 2.45) is 5.73 Å². The maximum atomic E-state index is 5.65. The SMILES string of the molecule is Cc1cnnc(N(CCCN)C2CCCCC2)c1. The Bertz CT molecular complexity index is 361. The summed E-state index contributed by atoms with van der Waals surface area (Å²) in [6.45, 7) is 3.81. The predicted molar refractivity (Wildman–Crippen MR) is 74.7 cm³/mol. The van der Waals surface area contributed by atoms with E-state index in [1.54, 1.807) is 0 Å². The van der Waals surface area contributed by atoms with Gasteiger partial charge < -0.3 is 10.6 Å². The van der Waals surface area contributed by atoms with Crippen molar-refractivity contribution < 1.29 is 0 Å². The van der Waals surface area contributed by atoms with Crippen LogP contribution in [-0.4, -0.2) is 29.3 Å². The maximum absolute atomic E-state index is 5.65. The molecule has 0 aliphatic heterocycles. The minimum absolute atomic E-state index is 0.626. The number of nitrogens with zero attached hydrogens (tertiary/aromatic N) is 3. The number of hydrogen-bond acceptors (Lipinski definition) is 4. The van der Waals surface area contributed by atoms with E-state index in [9.17, 15) is 0 Å². The highest BCUT2D eigenvalue weighted by Crippen LogP contribution is 2.26. The van der Waals surface area contributed by atoms with Gasteiger partial charge >= 0.3 is 0 Å². The lowest BCUT2D eigenvalue weighted by Gasteiger charge is -2.35. The molecule has 4 nitrogen and oxygen atoms in total. The van der Waals surface area contributed by atoms with Crippen molar-refractivity contribution >= 4 is 5.82 Å². The minimum Gasteiger partial charge on any atom is -0.352 e. The van der Waals surface area contributed by atoms with Crippen molar-refractivity contribution in [1.29, 1.82) is 0 Å². The topological polar surface area (TPSA) is 55.0 Å². The highest BCUT2D eigenvalue weighted by Gasteiger charge is 2.22. The molecule has 0 atom stereocenters. The Kier molecular flexibility index (Phi) is 4.93. The van der Waals surface area contributed by atoms with Gasteiger partial charge in [0.15, 0.2) is 5.82 Å². The Morgan fingerprint density at radius 2 is 2.11 bits per heavy atom. The van der Waals surface area contributed by atoms with Gasteiger partial charge in [0.25, 0.3) is 0 Å². The van der Waals surface area contributed by atoms with E-state index in [1.807, 2.05) is 6.20 Å². The van der Waals surface area contributed by atoms with Gasteiger partial charge in [-0.1, -0.05) is 19.3 Å². The van der Waals surface area contributed by atoms with E-state index in [1.165, 1.54) is 37.7 Å². The largest absolute Gasteiger partial charge is 0.352 e. The van der Waals surface area contributed by atoms with Gasteiger partial charge in [0.2, 0.25) is 0 Å². The minimum atomic E-state index is 0.626. The predicted octanol–water partition coefficient (Wildman–Crippen LogP) is 2.27. The lowest BCUT2D eigenvalue weighted by Crippen LogP contribution is -2.39. The first-order chi connectivity index (χ1) is 8.81. The molecule has 2 N–H and O–H groups in total. The maximum Gasteiger partial charge on any atom is 0.151 e. The van der Waals surface area contributed by atoms with Crippen molar-refractivity contribution in [2.75, 3.05) is 18.0 Å². The Hall–Kier alpha value is -1.16. The molecule has 4 heteroatoms. The molecule has 1 saturated carbocycles. The summed E-state index contributed by atoms with van der Waals surface area (Å²) in [7, 11) is 0. The van der Waals surface area contributed by atoms with Crippen molar-refractivity contribution in [1.82, 2.24) is 10.2 Å². The zero-order chi connectivity index (χ0) is 12.8. The molecule has 1 aliphatic carbocycles. The molecule has 0 saturated heterocycles. The standard InChI is InChI=1S/C14H24N4/c1-12-10-14(17-16-11-12)18(9-5-8-15)13-6-3-2-4-7-13/h10-11,13H,2-9,15H2,1H3. The van der Waals surface area contributed by atoms with Crippen LogP contribution in [0.4, 0.5) is 5.82 Å². The van der Waals surface area contributed by atoms with Gasteiger partial charge in [-0.15, -0.1) is 5.10 Å². The van der Waals surface area contributed by atoms with Gasteiger partial charge in [-0.2, -0.15) is 5.10 Å². The van der Waals surface area contributed by atoms with E-state index < -0.39 is 0 Å².